The number of carboxylic acids is 1. The Morgan fingerprint density at radius 3 is 2.13 bits per heavy atom. The maximum Gasteiger partial charge on any atom is 0.408 e. The highest BCUT2D eigenvalue weighted by molar-refractivity contribution is 5.89. The Morgan fingerprint density at radius 2 is 1.60 bits per heavy atom. The van der Waals surface area contributed by atoms with Crippen LogP contribution < -0.4 is 10.6 Å². The molecule has 166 valence electrons. The minimum Gasteiger partial charge on any atom is -0.480 e. The number of carbonyl (C=O) groups is 4. The number of rotatable bonds is 11. The van der Waals surface area contributed by atoms with Crippen LogP contribution in [-0.4, -0.2) is 47.7 Å². The van der Waals surface area contributed by atoms with Crippen molar-refractivity contribution in [2.45, 2.75) is 52.8 Å². The molecule has 0 fully saturated rings. The molecule has 0 saturated carbocycles. The van der Waals surface area contributed by atoms with Crippen LogP contribution in [0.4, 0.5) is 4.79 Å². The van der Waals surface area contributed by atoms with E-state index < -0.39 is 41.9 Å². The monoisotopic (exact) mass is 422 g/mol. The topological polar surface area (TPSA) is 131 Å². The van der Waals surface area contributed by atoms with Gasteiger partial charge in [-0.3, -0.25) is 9.59 Å². The largest absolute Gasteiger partial charge is 0.480 e. The van der Waals surface area contributed by atoms with Gasteiger partial charge in [0.2, 0.25) is 5.91 Å². The first kappa shape index (κ1) is 24.9. The average Bonchev–Trinajstić information content (AvgIpc) is 2.68. The SMILES string of the molecule is CCOC(=O)C[C@H](C)[C@@H](NC(=O)[C@@H](NC(=O)OCc1ccccc1)C(C)C)C(=O)O. The van der Waals surface area contributed by atoms with Gasteiger partial charge in [0.25, 0.3) is 0 Å². The van der Waals surface area contributed by atoms with Crippen molar-refractivity contribution in [2.75, 3.05) is 6.61 Å². The van der Waals surface area contributed by atoms with Gasteiger partial charge in [-0.05, 0) is 24.3 Å². The smallest absolute Gasteiger partial charge is 0.408 e. The lowest BCUT2D eigenvalue weighted by Gasteiger charge is -2.26. The Bertz CT molecular complexity index is 721. The summed E-state index contributed by atoms with van der Waals surface area (Å²) in [7, 11) is 0. The Balaban J connectivity index is 2.72. The summed E-state index contributed by atoms with van der Waals surface area (Å²) in [5, 5.41) is 14.3. The van der Waals surface area contributed by atoms with E-state index in [2.05, 4.69) is 10.6 Å². The first-order valence-corrected chi connectivity index (χ1v) is 9.81. The van der Waals surface area contributed by atoms with Gasteiger partial charge in [0.1, 0.15) is 18.7 Å². The van der Waals surface area contributed by atoms with Gasteiger partial charge in [0.05, 0.1) is 13.0 Å². The highest BCUT2D eigenvalue weighted by Crippen LogP contribution is 2.12. The molecule has 0 bridgehead atoms. The van der Waals surface area contributed by atoms with Crippen molar-refractivity contribution in [3.05, 3.63) is 35.9 Å². The molecule has 0 saturated heterocycles. The quantitative estimate of drug-likeness (QED) is 0.465. The van der Waals surface area contributed by atoms with Crippen molar-refractivity contribution in [2.24, 2.45) is 11.8 Å². The van der Waals surface area contributed by atoms with Crippen LogP contribution in [0.15, 0.2) is 30.3 Å². The minimum absolute atomic E-state index is 0.0352. The summed E-state index contributed by atoms with van der Waals surface area (Å²) in [6.45, 7) is 6.81. The van der Waals surface area contributed by atoms with Crippen LogP contribution in [0.3, 0.4) is 0 Å². The second-order valence-corrected chi connectivity index (χ2v) is 7.24. The first-order chi connectivity index (χ1) is 14.1. The Morgan fingerprint density at radius 1 is 0.967 bits per heavy atom. The van der Waals surface area contributed by atoms with Crippen molar-refractivity contribution in [1.82, 2.24) is 10.6 Å². The van der Waals surface area contributed by atoms with Crippen LogP contribution in [0, 0.1) is 11.8 Å². The Labute approximate surface area is 176 Å². The summed E-state index contributed by atoms with van der Waals surface area (Å²) in [6, 6.07) is 6.72. The molecule has 0 aliphatic carbocycles. The molecule has 0 heterocycles. The third-order valence-corrected chi connectivity index (χ3v) is 4.36. The van der Waals surface area contributed by atoms with Crippen molar-refractivity contribution in [3.63, 3.8) is 0 Å². The zero-order chi connectivity index (χ0) is 22.7. The van der Waals surface area contributed by atoms with Crippen LogP contribution in [0.1, 0.15) is 39.7 Å². The number of amides is 2. The molecule has 1 aromatic rings. The lowest BCUT2D eigenvalue weighted by atomic mass is 9.96. The third kappa shape index (κ3) is 8.50. The fraction of sp³-hybridized carbons (Fsp3) is 0.524. The van der Waals surface area contributed by atoms with Gasteiger partial charge in [0.15, 0.2) is 0 Å². The van der Waals surface area contributed by atoms with Crippen LogP contribution in [0.2, 0.25) is 0 Å². The van der Waals surface area contributed by atoms with E-state index in [-0.39, 0.29) is 25.6 Å². The van der Waals surface area contributed by atoms with Crippen molar-refractivity contribution < 1.29 is 33.8 Å². The number of ether oxygens (including phenoxy) is 2. The number of benzene rings is 1. The molecule has 1 aromatic carbocycles. The zero-order valence-electron chi connectivity index (χ0n) is 17.7. The molecule has 0 aliphatic rings. The highest BCUT2D eigenvalue weighted by Gasteiger charge is 2.33. The summed E-state index contributed by atoms with van der Waals surface area (Å²) in [6.07, 6.45) is -0.955. The molecular weight excluding hydrogens is 392 g/mol. The predicted octanol–water partition coefficient (Wildman–Crippen LogP) is 2.10. The van der Waals surface area contributed by atoms with E-state index in [0.29, 0.717) is 0 Å². The van der Waals surface area contributed by atoms with Gasteiger partial charge in [-0.15, -0.1) is 0 Å². The van der Waals surface area contributed by atoms with Gasteiger partial charge in [-0.2, -0.15) is 0 Å². The van der Waals surface area contributed by atoms with Crippen LogP contribution in [-0.2, 0) is 30.5 Å². The van der Waals surface area contributed by atoms with Crippen LogP contribution >= 0.6 is 0 Å². The fourth-order valence-electron chi connectivity index (χ4n) is 2.72. The molecular formula is C21H30N2O7. The second-order valence-electron chi connectivity index (χ2n) is 7.24. The lowest BCUT2D eigenvalue weighted by molar-refractivity contribution is -0.147. The summed E-state index contributed by atoms with van der Waals surface area (Å²) in [5.74, 6) is -3.54. The van der Waals surface area contributed by atoms with E-state index in [0.717, 1.165) is 5.56 Å². The van der Waals surface area contributed by atoms with Gasteiger partial charge in [0, 0.05) is 0 Å². The van der Waals surface area contributed by atoms with E-state index in [4.69, 9.17) is 9.47 Å². The lowest BCUT2D eigenvalue weighted by Crippen LogP contribution is -2.55. The Kier molecular flexibility index (Phi) is 10.4. The number of carboxylic acid groups (broad SMARTS) is 1. The van der Waals surface area contributed by atoms with E-state index in [1.165, 1.54) is 6.92 Å². The second kappa shape index (κ2) is 12.5. The predicted molar refractivity (Wildman–Crippen MR) is 108 cm³/mol. The fourth-order valence-corrected chi connectivity index (χ4v) is 2.72. The standard InChI is InChI=1S/C21H30N2O7/c1-5-29-16(24)11-14(4)18(20(26)27)22-19(25)17(13(2)3)23-21(28)30-12-15-9-7-6-8-10-15/h6-10,13-14,17-18H,5,11-12H2,1-4H3,(H,22,25)(H,23,28)(H,26,27)/t14-,17-,18+/m0/s1. The summed E-state index contributed by atoms with van der Waals surface area (Å²) in [4.78, 5) is 48.0. The number of hydrogen-bond acceptors (Lipinski definition) is 6. The van der Waals surface area contributed by atoms with Crippen LogP contribution in [0.5, 0.6) is 0 Å². The molecule has 9 heteroatoms. The minimum atomic E-state index is -1.31. The zero-order valence-corrected chi connectivity index (χ0v) is 17.7. The normalized spacial score (nSPS) is 13.6. The number of esters is 1. The molecule has 9 nitrogen and oxygen atoms in total. The Hall–Kier alpha value is -3.10. The third-order valence-electron chi connectivity index (χ3n) is 4.36. The molecule has 0 radical (unpaired) electrons. The maximum atomic E-state index is 12.7. The van der Waals surface area contributed by atoms with E-state index in [9.17, 15) is 24.3 Å². The van der Waals surface area contributed by atoms with Crippen molar-refractivity contribution in [3.8, 4) is 0 Å². The van der Waals surface area contributed by atoms with E-state index in [1.54, 1.807) is 32.9 Å². The summed E-state index contributed by atoms with van der Waals surface area (Å²) >= 11 is 0. The van der Waals surface area contributed by atoms with Crippen molar-refractivity contribution in [1.29, 1.82) is 0 Å². The molecule has 0 aliphatic heterocycles. The molecule has 1 rings (SSSR count). The number of alkyl carbamates (subject to hydrolysis) is 1. The molecule has 3 atom stereocenters. The number of aliphatic carboxylic acids is 1. The van der Waals surface area contributed by atoms with Crippen molar-refractivity contribution >= 4 is 23.9 Å². The number of nitrogens with one attached hydrogen (secondary N) is 2. The molecule has 2 amide bonds. The molecule has 0 aromatic heterocycles. The first-order valence-electron chi connectivity index (χ1n) is 9.81. The van der Waals surface area contributed by atoms with Gasteiger partial charge >= 0.3 is 18.0 Å². The highest BCUT2D eigenvalue weighted by atomic mass is 16.5. The van der Waals surface area contributed by atoms with Crippen LogP contribution in [0.25, 0.3) is 0 Å². The van der Waals surface area contributed by atoms with E-state index in [1.807, 2.05) is 18.2 Å². The molecule has 3 N–H and O–H groups in total. The summed E-state index contributed by atoms with van der Waals surface area (Å²) < 4.78 is 9.96. The number of hydrogen-bond donors (Lipinski definition) is 3. The number of carbonyl (C=O) groups excluding carboxylic acids is 3. The molecule has 0 spiro atoms. The van der Waals surface area contributed by atoms with Gasteiger partial charge < -0.3 is 25.2 Å². The average molecular weight is 422 g/mol. The maximum absolute atomic E-state index is 12.7. The molecule has 30 heavy (non-hydrogen) atoms. The van der Waals surface area contributed by atoms with Gasteiger partial charge in [-0.25, -0.2) is 9.59 Å². The summed E-state index contributed by atoms with van der Waals surface area (Å²) in [5.41, 5.74) is 0.789. The van der Waals surface area contributed by atoms with Gasteiger partial charge in [-0.1, -0.05) is 51.1 Å². The van der Waals surface area contributed by atoms with E-state index >= 15 is 0 Å². The molecule has 0 unspecified atom stereocenters.